The second kappa shape index (κ2) is 14.8. The molecule has 4 aliphatic heterocycles. The molecule has 0 radical (unpaired) electrons. The molecule has 1 aliphatic carbocycles. The van der Waals surface area contributed by atoms with Crippen LogP contribution in [0.4, 0.5) is 5.00 Å². The molecule has 0 spiro atoms. The number of rotatable bonds is 10. The molecule has 11 atom stereocenters. The molecule has 4 aromatic rings. The Bertz CT molecular complexity index is 2100. The number of methoxy groups -OCH3 is 2. The molecule has 0 amide bonds. The molecule has 18 heteroatoms. The highest BCUT2D eigenvalue weighted by Gasteiger charge is 2.56. The third-order valence-corrected chi connectivity index (χ3v) is 12.9. The molecule has 2 aromatic carbocycles. The van der Waals surface area contributed by atoms with Crippen LogP contribution in [0.25, 0.3) is 0 Å². The van der Waals surface area contributed by atoms with Gasteiger partial charge in [0, 0.05) is 17.9 Å². The Morgan fingerprint density at radius 1 is 0.946 bits per heavy atom. The van der Waals surface area contributed by atoms with Crippen LogP contribution in [0.1, 0.15) is 57.8 Å². The van der Waals surface area contributed by atoms with Crippen LogP contribution in [0.15, 0.2) is 53.9 Å². The van der Waals surface area contributed by atoms with Gasteiger partial charge in [0.1, 0.15) is 30.5 Å². The third-order valence-electron chi connectivity index (χ3n) is 10.8. The minimum absolute atomic E-state index is 0.00458. The van der Waals surface area contributed by atoms with E-state index in [1.165, 1.54) is 31.6 Å². The monoisotopic (exact) mass is 811 g/mol. The molecule has 296 valence electrons. The van der Waals surface area contributed by atoms with Crippen molar-refractivity contribution < 1.29 is 67.3 Å². The van der Waals surface area contributed by atoms with Gasteiger partial charge in [-0.1, -0.05) is 17.4 Å². The summed E-state index contributed by atoms with van der Waals surface area (Å²) in [6.45, 7) is 1.85. The largest absolute Gasteiger partial charge is 0.493 e. The van der Waals surface area contributed by atoms with Crippen molar-refractivity contribution in [3.05, 3.63) is 90.5 Å². The second-order valence-electron chi connectivity index (χ2n) is 13.9. The molecular weight excluding hydrogens is 775 g/mol. The summed E-state index contributed by atoms with van der Waals surface area (Å²) in [5, 5.41) is 36.0. The third kappa shape index (κ3) is 6.33. The predicted molar refractivity (Wildman–Crippen MR) is 194 cm³/mol. The van der Waals surface area contributed by atoms with Gasteiger partial charge in [-0.25, -0.2) is 0 Å². The molecule has 3 fully saturated rings. The zero-order valence-corrected chi connectivity index (χ0v) is 31.8. The van der Waals surface area contributed by atoms with Gasteiger partial charge in [0.05, 0.1) is 54.1 Å². The van der Waals surface area contributed by atoms with Crippen LogP contribution in [-0.2, 0) is 28.5 Å². The number of hydrogen-bond donors (Lipinski definition) is 2. The molecule has 56 heavy (non-hydrogen) atoms. The van der Waals surface area contributed by atoms with Gasteiger partial charge in [0.25, 0.3) is 0 Å². The lowest BCUT2D eigenvalue weighted by atomic mass is 9.66. The quantitative estimate of drug-likeness (QED) is 0.121. The van der Waals surface area contributed by atoms with Crippen LogP contribution in [0, 0.1) is 22.0 Å². The van der Waals surface area contributed by atoms with Crippen molar-refractivity contribution >= 4 is 33.6 Å². The molecule has 5 aliphatic rings. The average molecular weight is 812 g/mol. The minimum atomic E-state index is -1.51. The summed E-state index contributed by atoms with van der Waals surface area (Å²) >= 11 is 2.46. The number of aliphatic hydroxyl groups is 2. The number of carbonyl (C=O) groups is 1. The summed E-state index contributed by atoms with van der Waals surface area (Å²) in [4.78, 5) is 26.1. The molecular formula is C38H37NO15S2. The number of benzene rings is 2. The Hall–Kier alpha value is -4.53. The maximum atomic E-state index is 13.8. The predicted octanol–water partition coefficient (Wildman–Crippen LogP) is 5.16. The van der Waals surface area contributed by atoms with Crippen molar-refractivity contribution in [3.8, 4) is 28.7 Å². The van der Waals surface area contributed by atoms with Crippen LogP contribution in [0.2, 0.25) is 0 Å². The van der Waals surface area contributed by atoms with E-state index in [0.717, 1.165) is 16.2 Å². The normalized spacial score (nSPS) is 30.8. The molecule has 2 N–H and O–H groups in total. The van der Waals surface area contributed by atoms with Crippen molar-refractivity contribution in [1.82, 2.24) is 0 Å². The van der Waals surface area contributed by atoms with E-state index in [2.05, 4.69) is 0 Å². The van der Waals surface area contributed by atoms with Crippen LogP contribution in [-0.4, -0.2) is 86.0 Å². The fourth-order valence-corrected chi connectivity index (χ4v) is 9.69. The number of aliphatic hydroxyl groups excluding tert-OH is 2. The van der Waals surface area contributed by atoms with Crippen molar-refractivity contribution in [3.63, 3.8) is 0 Å². The highest BCUT2D eigenvalue weighted by atomic mass is 32.1. The summed E-state index contributed by atoms with van der Waals surface area (Å²) in [6.07, 6.45) is -7.99. The highest BCUT2D eigenvalue weighted by molar-refractivity contribution is 7.15. The fraction of sp³-hybridized carbons (Fsp3) is 0.447. The summed E-state index contributed by atoms with van der Waals surface area (Å²) in [5.74, 6) is -0.616. The topological polar surface area (TPSA) is 193 Å². The first kappa shape index (κ1) is 37.1. The number of nitrogens with zero attached hydrogens (tertiary/aromatic N) is 1. The van der Waals surface area contributed by atoms with Gasteiger partial charge in [-0.15, -0.1) is 11.3 Å². The fourth-order valence-electron chi connectivity index (χ4n) is 8.18. The number of cyclic esters (lactones) is 1. The molecule has 6 heterocycles. The van der Waals surface area contributed by atoms with E-state index in [0.29, 0.717) is 44.6 Å². The highest BCUT2D eigenvalue weighted by Crippen LogP contribution is 2.57. The SMILES string of the molecule is COc1cc([C@@H]2c3cc4c(cc3[C@@H](O[C@@H]3O[C@@H]5CO[C@@H](c6cccs6)O[C@H]5[C@H](O)[C@H]3O)[C@H]3COC(=O)[C@H]23)OCO4)cc(OC)c1OC(C)c1ccc([N+](=O)[O-])s1. The Balaban J connectivity index is 1.06. The number of carbonyl (C=O) groups excluding carboxylic acids is 1. The zero-order valence-electron chi connectivity index (χ0n) is 30.1. The van der Waals surface area contributed by atoms with Crippen LogP contribution >= 0.6 is 22.7 Å². The Labute approximate surface area is 327 Å². The average Bonchev–Trinajstić information content (AvgIpc) is 4.04. The van der Waals surface area contributed by atoms with Crippen LogP contribution in [0.3, 0.4) is 0 Å². The standard InChI is InChI=1S/C38H37NO15S2/c1-16(26-6-7-28(56-26)39(43)44)51-34-23(45-2)9-17(10-24(34)46-3)29-18-11-21-22(50-15-49-21)12-19(18)33(20-13-47-36(42)30(20)29)53-38-32(41)31(40)35-25(52-38)14-48-37(54-35)27-5-4-8-55-27/h4-12,16,20,25,29-33,35,37-38,40-41H,13-15H2,1-3H3/t16?,20-,25+,29+,30-,31+,32+,33+,35+,37+,38-/m0/s1. The maximum absolute atomic E-state index is 13.8. The summed E-state index contributed by atoms with van der Waals surface area (Å²) in [7, 11) is 2.96. The Morgan fingerprint density at radius 3 is 2.38 bits per heavy atom. The summed E-state index contributed by atoms with van der Waals surface area (Å²) < 4.78 is 60.1. The van der Waals surface area contributed by atoms with Gasteiger partial charge in [0.15, 0.2) is 35.6 Å². The lowest BCUT2D eigenvalue weighted by Crippen LogP contribution is -2.62. The first-order valence-electron chi connectivity index (χ1n) is 17.9. The van der Waals surface area contributed by atoms with E-state index in [4.69, 9.17) is 47.4 Å². The first-order chi connectivity index (χ1) is 27.1. The Morgan fingerprint density at radius 2 is 1.70 bits per heavy atom. The van der Waals surface area contributed by atoms with Gasteiger partial charge < -0.3 is 57.6 Å². The van der Waals surface area contributed by atoms with Gasteiger partial charge in [-0.2, -0.15) is 0 Å². The molecule has 2 aromatic heterocycles. The van der Waals surface area contributed by atoms with Gasteiger partial charge in [0.2, 0.25) is 12.5 Å². The smallest absolute Gasteiger partial charge is 0.324 e. The Kier molecular flexibility index (Phi) is 9.77. The number of fused-ring (bicyclic) bond motifs is 4. The van der Waals surface area contributed by atoms with Gasteiger partial charge in [-0.05, 0) is 65.4 Å². The van der Waals surface area contributed by atoms with E-state index < -0.39 is 77.9 Å². The van der Waals surface area contributed by atoms with E-state index in [-0.39, 0.29) is 30.8 Å². The van der Waals surface area contributed by atoms with E-state index in [1.807, 2.05) is 23.6 Å². The molecule has 1 unspecified atom stereocenters. The number of hydrogen-bond acceptors (Lipinski definition) is 17. The molecule has 9 rings (SSSR count). The maximum Gasteiger partial charge on any atom is 0.324 e. The zero-order chi connectivity index (χ0) is 38.8. The summed E-state index contributed by atoms with van der Waals surface area (Å²) in [6, 6.07) is 14.0. The lowest BCUT2D eigenvalue weighted by Gasteiger charge is -2.48. The summed E-state index contributed by atoms with van der Waals surface area (Å²) in [5.41, 5.74) is 1.96. The van der Waals surface area contributed by atoms with Crippen LogP contribution < -0.4 is 23.7 Å². The number of ether oxygens (including phenoxy) is 10. The molecule has 16 nitrogen and oxygen atoms in total. The number of thiophene rings is 2. The van der Waals surface area contributed by atoms with Crippen molar-refractivity contribution in [2.75, 3.05) is 34.2 Å². The second-order valence-corrected chi connectivity index (χ2v) is 16.0. The molecule has 0 bridgehead atoms. The van der Waals surface area contributed by atoms with Gasteiger partial charge >= 0.3 is 11.0 Å². The molecule has 3 saturated heterocycles. The van der Waals surface area contributed by atoms with Crippen molar-refractivity contribution in [2.24, 2.45) is 11.8 Å². The first-order valence-corrected chi connectivity index (χ1v) is 19.6. The van der Waals surface area contributed by atoms with E-state index in [9.17, 15) is 25.1 Å². The van der Waals surface area contributed by atoms with Gasteiger partial charge in [-0.3, -0.25) is 14.9 Å². The van der Waals surface area contributed by atoms with Crippen LogP contribution in [0.5, 0.6) is 28.7 Å². The van der Waals surface area contributed by atoms with Crippen molar-refractivity contribution in [1.29, 1.82) is 0 Å². The van der Waals surface area contributed by atoms with E-state index >= 15 is 0 Å². The van der Waals surface area contributed by atoms with Crippen molar-refractivity contribution in [2.45, 2.75) is 62.0 Å². The minimum Gasteiger partial charge on any atom is -0.493 e. The lowest BCUT2D eigenvalue weighted by molar-refractivity contribution is -0.380. The number of esters is 1. The van der Waals surface area contributed by atoms with E-state index in [1.54, 1.807) is 31.2 Å². The number of nitro groups is 1. The molecule has 0 saturated carbocycles.